The molecule has 0 unspecified atom stereocenters. The van der Waals surface area contributed by atoms with Crippen molar-refractivity contribution in [2.24, 2.45) is 0 Å². The molecule has 0 aliphatic carbocycles. The minimum atomic E-state index is -0.480. The van der Waals surface area contributed by atoms with Crippen LogP contribution >= 0.6 is 11.8 Å². The highest BCUT2D eigenvalue weighted by molar-refractivity contribution is 8.00. The Labute approximate surface area is 254 Å². The van der Waals surface area contributed by atoms with Crippen molar-refractivity contribution in [3.63, 3.8) is 0 Å². The van der Waals surface area contributed by atoms with Crippen LogP contribution in [0.3, 0.4) is 0 Å². The molecule has 0 bridgehead atoms. The number of amides is 3. The Bertz CT molecular complexity index is 1730. The van der Waals surface area contributed by atoms with E-state index < -0.39 is 11.8 Å². The summed E-state index contributed by atoms with van der Waals surface area (Å²) in [5.41, 5.74) is 3.93. The molecule has 43 heavy (non-hydrogen) atoms. The fraction of sp³-hybridized carbons (Fsp3) is 0.0286. The third-order valence-electron chi connectivity index (χ3n) is 6.25. The largest absolute Gasteiger partial charge is 0.321 e. The van der Waals surface area contributed by atoms with Gasteiger partial charge < -0.3 is 16.0 Å². The van der Waals surface area contributed by atoms with Gasteiger partial charge in [-0.2, -0.15) is 0 Å². The lowest BCUT2D eigenvalue weighted by molar-refractivity contribution is -0.114. The Balaban J connectivity index is 1.30. The Morgan fingerprint density at radius 1 is 0.698 bits per heavy atom. The highest BCUT2D eigenvalue weighted by atomic mass is 32.2. The third kappa shape index (κ3) is 8.51. The molecule has 8 heteroatoms. The lowest BCUT2D eigenvalue weighted by Gasteiger charge is -2.12. The van der Waals surface area contributed by atoms with Crippen molar-refractivity contribution < 1.29 is 14.4 Å². The van der Waals surface area contributed by atoms with Crippen molar-refractivity contribution in [2.45, 2.75) is 4.90 Å². The van der Waals surface area contributed by atoms with Gasteiger partial charge in [-0.25, -0.2) is 4.98 Å². The van der Waals surface area contributed by atoms with Gasteiger partial charge in [0.25, 0.3) is 11.8 Å². The summed E-state index contributed by atoms with van der Waals surface area (Å²) >= 11 is 1.33. The number of anilines is 2. The zero-order chi connectivity index (χ0) is 29.9. The molecule has 0 spiro atoms. The summed E-state index contributed by atoms with van der Waals surface area (Å²) in [5, 5.41) is 8.40. The van der Waals surface area contributed by atoms with Crippen LogP contribution in [0.5, 0.6) is 0 Å². The number of hydrogen-bond acceptors (Lipinski definition) is 5. The third-order valence-corrected chi connectivity index (χ3v) is 7.25. The van der Waals surface area contributed by atoms with Gasteiger partial charge in [-0.15, -0.1) is 11.8 Å². The van der Waals surface area contributed by atoms with Crippen molar-refractivity contribution >= 4 is 47.1 Å². The standard InChI is InChI=1S/C35H28N4O3S/c40-33(39-32-16-7-8-21-36-32)24-43-30-15-9-14-29(23-30)37-35(42)31(38-34(41)28-12-5-2-6-13-28)22-25-17-19-27(20-18-25)26-10-3-1-4-11-26/h1-23H,24H2,(H,37,42)(H,38,41)(H,36,39,40)/b31-22+. The predicted octanol–water partition coefficient (Wildman–Crippen LogP) is 6.89. The summed E-state index contributed by atoms with van der Waals surface area (Å²) in [6.45, 7) is 0. The SMILES string of the molecule is O=C(CSc1cccc(NC(=O)/C(=C\c2ccc(-c3ccccc3)cc2)NC(=O)c2ccccc2)c1)Nc1ccccn1. The van der Waals surface area contributed by atoms with Gasteiger partial charge in [-0.3, -0.25) is 14.4 Å². The summed E-state index contributed by atoms with van der Waals surface area (Å²) in [6.07, 6.45) is 3.26. The van der Waals surface area contributed by atoms with Crippen LogP contribution in [-0.2, 0) is 9.59 Å². The van der Waals surface area contributed by atoms with Crippen molar-refractivity contribution in [3.05, 3.63) is 150 Å². The Kier molecular flexibility index (Phi) is 9.74. The molecule has 7 nitrogen and oxygen atoms in total. The van der Waals surface area contributed by atoms with E-state index in [-0.39, 0.29) is 17.4 Å². The van der Waals surface area contributed by atoms with Crippen LogP contribution in [0.1, 0.15) is 15.9 Å². The maximum atomic E-state index is 13.5. The van der Waals surface area contributed by atoms with E-state index in [1.165, 1.54) is 11.8 Å². The Morgan fingerprint density at radius 2 is 1.40 bits per heavy atom. The molecule has 0 radical (unpaired) electrons. The maximum Gasteiger partial charge on any atom is 0.272 e. The molecular weight excluding hydrogens is 556 g/mol. The maximum absolute atomic E-state index is 13.5. The van der Waals surface area contributed by atoms with Crippen LogP contribution in [0, 0.1) is 0 Å². The van der Waals surface area contributed by atoms with Gasteiger partial charge in [0.05, 0.1) is 5.75 Å². The van der Waals surface area contributed by atoms with E-state index >= 15 is 0 Å². The second kappa shape index (κ2) is 14.4. The number of benzene rings is 4. The quantitative estimate of drug-likeness (QED) is 0.123. The van der Waals surface area contributed by atoms with Crippen LogP contribution in [0.2, 0.25) is 0 Å². The normalized spacial score (nSPS) is 10.9. The van der Waals surface area contributed by atoms with Gasteiger partial charge in [-0.05, 0) is 65.2 Å². The average molecular weight is 585 g/mol. The lowest BCUT2D eigenvalue weighted by atomic mass is 10.0. The van der Waals surface area contributed by atoms with E-state index in [0.717, 1.165) is 21.6 Å². The second-order valence-electron chi connectivity index (χ2n) is 9.40. The first-order valence-electron chi connectivity index (χ1n) is 13.5. The first kappa shape index (κ1) is 29.0. The number of rotatable bonds is 10. The molecule has 1 heterocycles. The molecule has 0 aliphatic heterocycles. The Morgan fingerprint density at radius 3 is 2.12 bits per heavy atom. The molecule has 0 aliphatic rings. The summed E-state index contributed by atoms with van der Waals surface area (Å²) in [5.74, 6) is -0.408. The number of nitrogens with one attached hydrogen (secondary N) is 3. The number of carbonyl (C=O) groups is 3. The molecule has 0 fully saturated rings. The molecule has 0 atom stereocenters. The van der Waals surface area contributed by atoms with E-state index in [0.29, 0.717) is 17.1 Å². The number of thioether (sulfide) groups is 1. The predicted molar refractivity (Wildman–Crippen MR) is 172 cm³/mol. The molecular formula is C35H28N4O3S. The zero-order valence-corrected chi connectivity index (χ0v) is 23.9. The number of carbonyl (C=O) groups excluding carboxylic acids is 3. The van der Waals surface area contributed by atoms with Crippen LogP contribution in [0.15, 0.2) is 144 Å². The fourth-order valence-corrected chi connectivity index (χ4v) is 4.89. The molecule has 0 saturated carbocycles. The molecule has 212 valence electrons. The van der Waals surface area contributed by atoms with Gasteiger partial charge in [0.1, 0.15) is 11.5 Å². The van der Waals surface area contributed by atoms with Crippen molar-refractivity contribution in [3.8, 4) is 11.1 Å². The first-order valence-corrected chi connectivity index (χ1v) is 14.5. The van der Waals surface area contributed by atoms with Gasteiger partial charge >= 0.3 is 0 Å². The topological polar surface area (TPSA) is 100 Å². The fourth-order valence-electron chi connectivity index (χ4n) is 4.14. The smallest absolute Gasteiger partial charge is 0.272 e. The molecule has 5 rings (SSSR count). The van der Waals surface area contributed by atoms with Crippen LogP contribution < -0.4 is 16.0 Å². The number of pyridine rings is 1. The minimum absolute atomic E-state index is 0.0918. The number of hydrogen-bond donors (Lipinski definition) is 3. The van der Waals surface area contributed by atoms with E-state index in [9.17, 15) is 14.4 Å². The second-order valence-corrected chi connectivity index (χ2v) is 10.4. The van der Waals surface area contributed by atoms with E-state index in [4.69, 9.17) is 0 Å². The summed E-state index contributed by atoms with van der Waals surface area (Å²) < 4.78 is 0. The van der Waals surface area contributed by atoms with Gasteiger partial charge in [0.15, 0.2) is 0 Å². The lowest BCUT2D eigenvalue weighted by Crippen LogP contribution is -2.30. The van der Waals surface area contributed by atoms with Gasteiger partial charge in [-0.1, -0.05) is 84.9 Å². The molecule has 3 amide bonds. The summed E-state index contributed by atoms with van der Waals surface area (Å²) in [6, 6.07) is 38.9. The molecule has 4 aromatic carbocycles. The van der Waals surface area contributed by atoms with Crippen molar-refractivity contribution in [2.75, 3.05) is 16.4 Å². The number of aromatic nitrogens is 1. The number of nitrogens with zero attached hydrogens (tertiary/aromatic N) is 1. The monoisotopic (exact) mass is 584 g/mol. The van der Waals surface area contributed by atoms with Crippen molar-refractivity contribution in [1.82, 2.24) is 10.3 Å². The van der Waals surface area contributed by atoms with Gasteiger partial charge in [0, 0.05) is 22.3 Å². The zero-order valence-electron chi connectivity index (χ0n) is 23.1. The van der Waals surface area contributed by atoms with Gasteiger partial charge in [0.2, 0.25) is 5.91 Å². The van der Waals surface area contributed by atoms with E-state index in [1.54, 1.807) is 72.9 Å². The molecule has 3 N–H and O–H groups in total. The average Bonchev–Trinajstić information content (AvgIpc) is 3.05. The van der Waals surface area contributed by atoms with Crippen LogP contribution in [0.25, 0.3) is 17.2 Å². The van der Waals surface area contributed by atoms with Crippen molar-refractivity contribution in [1.29, 1.82) is 0 Å². The molecule has 1 aromatic heterocycles. The summed E-state index contributed by atoms with van der Waals surface area (Å²) in [7, 11) is 0. The highest BCUT2D eigenvalue weighted by Crippen LogP contribution is 2.23. The molecule has 5 aromatic rings. The summed E-state index contributed by atoms with van der Waals surface area (Å²) in [4.78, 5) is 43.7. The molecule has 0 saturated heterocycles. The minimum Gasteiger partial charge on any atom is -0.321 e. The first-order chi connectivity index (χ1) is 21.0. The van der Waals surface area contributed by atoms with E-state index in [1.807, 2.05) is 66.7 Å². The highest BCUT2D eigenvalue weighted by Gasteiger charge is 2.16. The Hall–Kier alpha value is -5.47. The van der Waals surface area contributed by atoms with Crippen LogP contribution in [0.4, 0.5) is 11.5 Å². The van der Waals surface area contributed by atoms with E-state index in [2.05, 4.69) is 20.9 Å². The van der Waals surface area contributed by atoms with Crippen LogP contribution in [-0.4, -0.2) is 28.5 Å².